The van der Waals surface area contributed by atoms with Crippen molar-refractivity contribution in [1.82, 2.24) is 29.9 Å². The van der Waals surface area contributed by atoms with Crippen LogP contribution in [0.5, 0.6) is 6.01 Å². The summed E-state index contributed by atoms with van der Waals surface area (Å²) in [6, 6.07) is 14.6. The maximum Gasteiger partial charge on any atom is 0.322 e. The Kier molecular flexibility index (Phi) is 6.17. The van der Waals surface area contributed by atoms with Gasteiger partial charge in [0.25, 0.3) is 0 Å². The summed E-state index contributed by atoms with van der Waals surface area (Å²) < 4.78 is 7.95. The number of rotatable bonds is 7. The van der Waals surface area contributed by atoms with Crippen LogP contribution in [0.15, 0.2) is 54.9 Å². The van der Waals surface area contributed by atoms with Crippen molar-refractivity contribution in [3.8, 4) is 17.3 Å². The Labute approximate surface area is 193 Å². The highest BCUT2D eigenvalue weighted by Gasteiger charge is 2.20. The number of nitrogens with one attached hydrogen (secondary N) is 2. The van der Waals surface area contributed by atoms with Crippen LogP contribution in [0.2, 0.25) is 0 Å². The standard InChI is InChI=1S/C25H29N7O/c1-17(2)21-16-29-32-23(21)30-25(33-19-9-7-12-26-15-19)31-24(32)28-14-18-8-3-4-10-20(18)22-11-5-6-13-27-22/h3-6,8,10-11,13,16-17,19,26H,7,9,12,14-15H2,1-2H3,(H,28,30,31). The Morgan fingerprint density at radius 3 is 2.82 bits per heavy atom. The molecule has 0 radical (unpaired) electrons. The fourth-order valence-electron chi connectivity index (χ4n) is 4.14. The summed E-state index contributed by atoms with van der Waals surface area (Å²) in [6.07, 6.45) is 5.84. The molecule has 3 aromatic heterocycles. The summed E-state index contributed by atoms with van der Waals surface area (Å²) >= 11 is 0. The summed E-state index contributed by atoms with van der Waals surface area (Å²) in [7, 11) is 0. The van der Waals surface area contributed by atoms with Crippen LogP contribution in [0.3, 0.4) is 0 Å². The molecule has 33 heavy (non-hydrogen) atoms. The van der Waals surface area contributed by atoms with Crippen LogP contribution in [0.4, 0.5) is 5.95 Å². The molecule has 5 rings (SSSR count). The van der Waals surface area contributed by atoms with Crippen molar-refractivity contribution < 1.29 is 4.74 Å². The first kappa shape index (κ1) is 21.3. The molecule has 2 N–H and O–H groups in total. The Morgan fingerprint density at radius 1 is 1.15 bits per heavy atom. The molecule has 0 amide bonds. The molecule has 4 aromatic rings. The number of hydrogen-bond acceptors (Lipinski definition) is 7. The zero-order chi connectivity index (χ0) is 22.6. The lowest BCUT2D eigenvalue weighted by Gasteiger charge is -2.23. The van der Waals surface area contributed by atoms with E-state index < -0.39 is 0 Å². The Balaban J connectivity index is 1.46. The monoisotopic (exact) mass is 443 g/mol. The minimum Gasteiger partial charge on any atom is -0.459 e. The second-order valence-corrected chi connectivity index (χ2v) is 8.63. The van der Waals surface area contributed by atoms with E-state index in [1.165, 1.54) is 0 Å². The normalized spacial score (nSPS) is 16.3. The number of fused-ring (bicyclic) bond motifs is 1. The molecule has 0 saturated carbocycles. The second-order valence-electron chi connectivity index (χ2n) is 8.63. The smallest absolute Gasteiger partial charge is 0.322 e. The average molecular weight is 444 g/mol. The first-order valence-electron chi connectivity index (χ1n) is 11.6. The molecule has 4 heterocycles. The summed E-state index contributed by atoms with van der Waals surface area (Å²) in [6.45, 7) is 6.69. The molecule has 1 aliphatic rings. The van der Waals surface area contributed by atoms with Gasteiger partial charge in [0.1, 0.15) is 6.10 Å². The predicted octanol–water partition coefficient (Wildman–Crippen LogP) is 4.05. The highest BCUT2D eigenvalue weighted by atomic mass is 16.5. The molecule has 1 fully saturated rings. The maximum atomic E-state index is 6.18. The van der Waals surface area contributed by atoms with Crippen LogP contribution in [-0.4, -0.2) is 43.8 Å². The largest absolute Gasteiger partial charge is 0.459 e. The molecule has 1 saturated heterocycles. The van der Waals surface area contributed by atoms with Gasteiger partial charge in [0, 0.05) is 30.4 Å². The van der Waals surface area contributed by atoms with Crippen LogP contribution in [0, 0.1) is 0 Å². The van der Waals surface area contributed by atoms with E-state index in [-0.39, 0.29) is 6.10 Å². The number of benzene rings is 1. The quantitative estimate of drug-likeness (QED) is 0.445. The molecule has 8 nitrogen and oxygen atoms in total. The van der Waals surface area contributed by atoms with Gasteiger partial charge in [-0.05, 0) is 43.0 Å². The van der Waals surface area contributed by atoms with E-state index in [1.54, 1.807) is 4.52 Å². The van der Waals surface area contributed by atoms with Crippen molar-refractivity contribution in [2.45, 2.75) is 45.3 Å². The van der Waals surface area contributed by atoms with Crippen molar-refractivity contribution in [3.63, 3.8) is 0 Å². The van der Waals surface area contributed by atoms with Gasteiger partial charge in [0.15, 0.2) is 5.65 Å². The third-order valence-corrected chi connectivity index (χ3v) is 5.92. The van der Waals surface area contributed by atoms with Crippen molar-refractivity contribution in [3.05, 3.63) is 66.0 Å². The zero-order valence-corrected chi connectivity index (χ0v) is 19.0. The minimum atomic E-state index is 0.0735. The van der Waals surface area contributed by atoms with E-state index in [0.717, 1.165) is 54.0 Å². The van der Waals surface area contributed by atoms with Gasteiger partial charge in [0.2, 0.25) is 5.95 Å². The van der Waals surface area contributed by atoms with Crippen LogP contribution >= 0.6 is 0 Å². The molecular weight excluding hydrogens is 414 g/mol. The molecule has 8 heteroatoms. The van der Waals surface area contributed by atoms with Gasteiger partial charge < -0.3 is 15.4 Å². The third-order valence-electron chi connectivity index (χ3n) is 5.92. The van der Waals surface area contributed by atoms with Crippen LogP contribution in [0.25, 0.3) is 16.9 Å². The van der Waals surface area contributed by atoms with Crippen molar-refractivity contribution in [2.24, 2.45) is 0 Å². The second kappa shape index (κ2) is 9.54. The molecule has 1 aliphatic heterocycles. The molecule has 0 bridgehead atoms. The van der Waals surface area contributed by atoms with Gasteiger partial charge in [-0.15, -0.1) is 0 Å². The van der Waals surface area contributed by atoms with Crippen molar-refractivity contribution in [1.29, 1.82) is 0 Å². The molecule has 0 spiro atoms. The van der Waals surface area contributed by atoms with Crippen LogP contribution < -0.4 is 15.4 Å². The van der Waals surface area contributed by atoms with Gasteiger partial charge >= 0.3 is 6.01 Å². The molecule has 1 aromatic carbocycles. The minimum absolute atomic E-state index is 0.0735. The molecule has 170 valence electrons. The van der Waals surface area contributed by atoms with E-state index in [4.69, 9.17) is 14.7 Å². The van der Waals surface area contributed by atoms with E-state index in [2.05, 4.69) is 46.7 Å². The van der Waals surface area contributed by atoms with E-state index >= 15 is 0 Å². The summed E-state index contributed by atoms with van der Waals surface area (Å²) in [4.78, 5) is 13.9. The summed E-state index contributed by atoms with van der Waals surface area (Å²) in [5.74, 6) is 0.904. The number of aromatic nitrogens is 5. The first-order valence-corrected chi connectivity index (χ1v) is 11.6. The van der Waals surface area contributed by atoms with Gasteiger partial charge in [-0.25, -0.2) is 0 Å². The fraction of sp³-hybridized carbons (Fsp3) is 0.360. The van der Waals surface area contributed by atoms with Gasteiger partial charge in [-0.1, -0.05) is 44.2 Å². The lowest BCUT2D eigenvalue weighted by molar-refractivity contribution is 0.153. The van der Waals surface area contributed by atoms with Crippen LogP contribution in [-0.2, 0) is 6.54 Å². The SMILES string of the molecule is CC(C)c1cnn2c(NCc3ccccc3-c3ccccn3)nc(OC3CCCNC3)nc12. The third kappa shape index (κ3) is 4.66. The number of piperidine rings is 1. The average Bonchev–Trinajstić information content (AvgIpc) is 3.28. The Bertz CT molecular complexity index is 1220. The number of ether oxygens (including phenoxy) is 1. The fourth-order valence-corrected chi connectivity index (χ4v) is 4.14. The molecule has 1 unspecified atom stereocenters. The lowest BCUT2D eigenvalue weighted by atomic mass is 10.0. The van der Waals surface area contributed by atoms with E-state index in [9.17, 15) is 0 Å². The van der Waals surface area contributed by atoms with Crippen molar-refractivity contribution >= 4 is 11.6 Å². The van der Waals surface area contributed by atoms with E-state index in [1.807, 2.05) is 42.7 Å². The predicted molar refractivity (Wildman–Crippen MR) is 128 cm³/mol. The zero-order valence-electron chi connectivity index (χ0n) is 19.0. The maximum absolute atomic E-state index is 6.18. The highest BCUT2D eigenvalue weighted by molar-refractivity contribution is 5.64. The number of nitrogens with zero attached hydrogens (tertiary/aromatic N) is 5. The summed E-state index contributed by atoms with van der Waals surface area (Å²) in [5, 5.41) is 11.4. The lowest BCUT2D eigenvalue weighted by Crippen LogP contribution is -2.37. The molecular formula is C25H29N7O. The molecule has 0 aliphatic carbocycles. The summed E-state index contributed by atoms with van der Waals surface area (Å²) in [5.41, 5.74) is 5.00. The number of anilines is 1. The number of pyridine rings is 1. The molecule has 1 atom stereocenters. The Hall–Kier alpha value is -3.52. The van der Waals surface area contributed by atoms with Gasteiger partial charge in [-0.3, -0.25) is 4.98 Å². The highest BCUT2D eigenvalue weighted by Crippen LogP contribution is 2.25. The van der Waals surface area contributed by atoms with E-state index in [0.29, 0.717) is 24.4 Å². The van der Waals surface area contributed by atoms with Crippen molar-refractivity contribution in [2.75, 3.05) is 18.4 Å². The first-order chi connectivity index (χ1) is 16.2. The van der Waals surface area contributed by atoms with Gasteiger partial charge in [0.05, 0.1) is 11.9 Å². The van der Waals surface area contributed by atoms with Crippen LogP contribution in [0.1, 0.15) is 43.7 Å². The topological polar surface area (TPSA) is 89.3 Å². The number of hydrogen-bond donors (Lipinski definition) is 2. The van der Waals surface area contributed by atoms with Gasteiger partial charge in [-0.2, -0.15) is 19.6 Å². The Morgan fingerprint density at radius 2 is 2.03 bits per heavy atom.